The number of H-pyrrole nitrogens is 1. The molecule has 0 amide bonds. The van der Waals surface area contributed by atoms with E-state index >= 15 is 0 Å². The average molecular weight is 313 g/mol. The predicted molar refractivity (Wildman–Crippen MR) is 84.5 cm³/mol. The number of anilines is 1. The number of fused-ring (bicyclic) bond motifs is 1. The van der Waals surface area contributed by atoms with Gasteiger partial charge in [0.25, 0.3) is 5.56 Å². The van der Waals surface area contributed by atoms with Crippen molar-refractivity contribution < 1.29 is 4.39 Å². The zero-order chi connectivity index (χ0) is 16.0. The molecule has 1 aliphatic rings. The number of aromatic amines is 1. The van der Waals surface area contributed by atoms with Crippen molar-refractivity contribution in [2.45, 2.75) is 25.8 Å². The molecule has 6 nitrogen and oxygen atoms in total. The van der Waals surface area contributed by atoms with Gasteiger partial charge < -0.3 is 15.3 Å². The summed E-state index contributed by atoms with van der Waals surface area (Å²) in [6.07, 6.45) is 6.07. The fraction of sp³-hybridized carbons (Fsp3) is 0.312. The first kappa shape index (κ1) is 13.9. The second-order valence-electron chi connectivity index (χ2n) is 6.00. The number of hydrogen-bond acceptors (Lipinski definition) is 4. The third-order valence-corrected chi connectivity index (χ3v) is 4.15. The normalized spacial score (nSPS) is 14.5. The molecule has 3 heterocycles. The lowest BCUT2D eigenvalue weighted by Crippen LogP contribution is -2.22. The van der Waals surface area contributed by atoms with Gasteiger partial charge in [0.15, 0.2) is 5.82 Å². The third kappa shape index (κ3) is 2.58. The molecule has 0 saturated heterocycles. The second kappa shape index (κ2) is 5.19. The molecule has 0 atom stereocenters. The number of halogens is 1. The first-order valence-corrected chi connectivity index (χ1v) is 7.58. The van der Waals surface area contributed by atoms with E-state index in [0.717, 1.165) is 12.1 Å². The molecule has 0 radical (unpaired) electrons. The van der Waals surface area contributed by atoms with Crippen molar-refractivity contribution in [3.8, 4) is 0 Å². The van der Waals surface area contributed by atoms with E-state index in [2.05, 4.69) is 15.0 Å². The van der Waals surface area contributed by atoms with Crippen molar-refractivity contribution in [2.75, 3.05) is 5.73 Å². The number of nitrogens with one attached hydrogen (secondary N) is 1. The smallest absolute Gasteiger partial charge is 0.274 e. The summed E-state index contributed by atoms with van der Waals surface area (Å²) in [4.78, 5) is 23.6. The first-order chi connectivity index (χ1) is 11.1. The van der Waals surface area contributed by atoms with Crippen LogP contribution in [0.1, 0.15) is 24.4 Å². The minimum absolute atomic E-state index is 0.172. The van der Waals surface area contributed by atoms with E-state index < -0.39 is 5.82 Å². The van der Waals surface area contributed by atoms with E-state index in [4.69, 9.17) is 5.73 Å². The minimum Gasteiger partial charge on any atom is -0.394 e. The molecule has 0 spiro atoms. The number of nitrogens with two attached hydrogens (primary N) is 1. The van der Waals surface area contributed by atoms with Crippen LogP contribution in [0.2, 0.25) is 0 Å². The van der Waals surface area contributed by atoms with Crippen LogP contribution in [0.5, 0.6) is 0 Å². The highest BCUT2D eigenvalue weighted by atomic mass is 19.1. The molecule has 1 aliphatic carbocycles. The molecule has 1 fully saturated rings. The summed E-state index contributed by atoms with van der Waals surface area (Å²) in [5, 5.41) is 0. The maximum absolute atomic E-state index is 14.0. The summed E-state index contributed by atoms with van der Waals surface area (Å²) in [7, 11) is 0. The van der Waals surface area contributed by atoms with Gasteiger partial charge in [0, 0.05) is 6.20 Å². The summed E-state index contributed by atoms with van der Waals surface area (Å²) in [6, 6.07) is 3.24. The largest absolute Gasteiger partial charge is 0.394 e. The Morgan fingerprint density at radius 2 is 2.26 bits per heavy atom. The number of aromatic nitrogens is 4. The van der Waals surface area contributed by atoms with E-state index in [1.54, 1.807) is 18.3 Å². The van der Waals surface area contributed by atoms with E-state index in [1.165, 1.54) is 23.6 Å². The molecule has 3 aromatic heterocycles. The van der Waals surface area contributed by atoms with Gasteiger partial charge in [-0.25, -0.2) is 9.37 Å². The molecule has 3 N–H and O–H groups in total. The van der Waals surface area contributed by atoms with Crippen LogP contribution in [0.3, 0.4) is 0 Å². The third-order valence-electron chi connectivity index (χ3n) is 4.15. The van der Waals surface area contributed by atoms with Crippen molar-refractivity contribution >= 4 is 16.7 Å². The monoisotopic (exact) mass is 313 g/mol. The summed E-state index contributed by atoms with van der Waals surface area (Å²) >= 11 is 0. The highest BCUT2D eigenvalue weighted by Crippen LogP contribution is 2.33. The fourth-order valence-electron chi connectivity index (χ4n) is 2.73. The predicted octanol–water partition coefficient (Wildman–Crippen LogP) is 1.84. The highest BCUT2D eigenvalue weighted by Gasteiger charge is 2.24. The standard InChI is InChI=1S/C16H16FN5O/c17-10-7-19-12(6-9-3-4-9)15-14(10)20-13(21-15)8-22-5-1-2-11(18)16(22)23/h1-2,5,7,9H,3-4,6,8,18H2,(H,20,21). The van der Waals surface area contributed by atoms with Gasteiger partial charge in [0.05, 0.1) is 29.6 Å². The van der Waals surface area contributed by atoms with Gasteiger partial charge in [-0.1, -0.05) is 0 Å². The van der Waals surface area contributed by atoms with E-state index in [-0.39, 0.29) is 23.3 Å². The maximum atomic E-state index is 14.0. The Hall–Kier alpha value is -2.70. The zero-order valence-corrected chi connectivity index (χ0v) is 12.4. The van der Waals surface area contributed by atoms with Crippen LogP contribution in [0.25, 0.3) is 11.0 Å². The summed E-state index contributed by atoms with van der Waals surface area (Å²) in [5.74, 6) is 0.693. The van der Waals surface area contributed by atoms with Crippen molar-refractivity contribution in [3.63, 3.8) is 0 Å². The molecule has 0 aromatic carbocycles. The van der Waals surface area contributed by atoms with Crippen LogP contribution in [0.15, 0.2) is 29.3 Å². The average Bonchev–Trinajstić information content (AvgIpc) is 3.24. The molecule has 0 unspecified atom stereocenters. The Bertz CT molecular complexity index is 941. The Morgan fingerprint density at radius 3 is 3.04 bits per heavy atom. The Balaban J connectivity index is 1.74. The van der Waals surface area contributed by atoms with Crippen LogP contribution < -0.4 is 11.3 Å². The van der Waals surface area contributed by atoms with Crippen molar-refractivity contribution in [1.82, 2.24) is 19.5 Å². The van der Waals surface area contributed by atoms with Gasteiger partial charge in [-0.05, 0) is 37.3 Å². The number of imidazole rings is 1. The van der Waals surface area contributed by atoms with E-state index in [0.29, 0.717) is 17.3 Å². The van der Waals surface area contributed by atoms with Crippen LogP contribution in [-0.4, -0.2) is 19.5 Å². The summed E-state index contributed by atoms with van der Waals surface area (Å²) in [6.45, 7) is 0.209. The molecule has 118 valence electrons. The Labute approximate surface area is 131 Å². The molecule has 0 aliphatic heterocycles. The first-order valence-electron chi connectivity index (χ1n) is 7.58. The maximum Gasteiger partial charge on any atom is 0.274 e. The molecule has 1 saturated carbocycles. The van der Waals surface area contributed by atoms with Crippen LogP contribution >= 0.6 is 0 Å². The lowest BCUT2D eigenvalue weighted by Gasteiger charge is -2.03. The summed E-state index contributed by atoms with van der Waals surface area (Å²) < 4.78 is 15.4. The SMILES string of the molecule is Nc1cccn(Cc2nc3c(F)cnc(CC4CC4)c3[nH]2)c1=O. The summed E-state index contributed by atoms with van der Waals surface area (Å²) in [5.41, 5.74) is 7.25. The fourth-order valence-corrected chi connectivity index (χ4v) is 2.73. The van der Waals surface area contributed by atoms with Gasteiger partial charge >= 0.3 is 0 Å². The molecule has 7 heteroatoms. The lowest BCUT2D eigenvalue weighted by molar-refractivity contribution is 0.628. The number of nitrogens with zero attached hydrogens (tertiary/aromatic N) is 3. The number of pyridine rings is 2. The van der Waals surface area contributed by atoms with Gasteiger partial charge in [-0.3, -0.25) is 9.78 Å². The second-order valence-corrected chi connectivity index (χ2v) is 6.00. The quantitative estimate of drug-likeness (QED) is 0.769. The van der Waals surface area contributed by atoms with Crippen LogP contribution in [0.4, 0.5) is 10.1 Å². The van der Waals surface area contributed by atoms with Gasteiger partial charge in [0.1, 0.15) is 11.3 Å². The van der Waals surface area contributed by atoms with Crippen molar-refractivity contribution in [3.05, 3.63) is 52.2 Å². The lowest BCUT2D eigenvalue weighted by atomic mass is 10.2. The van der Waals surface area contributed by atoms with Gasteiger partial charge in [-0.15, -0.1) is 0 Å². The molecule has 4 rings (SSSR count). The molecule has 0 bridgehead atoms. The minimum atomic E-state index is -0.457. The number of hydrogen-bond donors (Lipinski definition) is 2. The zero-order valence-electron chi connectivity index (χ0n) is 12.4. The van der Waals surface area contributed by atoms with E-state index in [1.807, 2.05) is 0 Å². The molecular formula is C16H16FN5O. The number of rotatable bonds is 4. The highest BCUT2D eigenvalue weighted by molar-refractivity contribution is 5.78. The van der Waals surface area contributed by atoms with E-state index in [9.17, 15) is 9.18 Å². The Morgan fingerprint density at radius 1 is 1.43 bits per heavy atom. The Kier molecular flexibility index (Phi) is 3.14. The molecular weight excluding hydrogens is 297 g/mol. The van der Waals surface area contributed by atoms with Crippen LogP contribution in [-0.2, 0) is 13.0 Å². The topological polar surface area (TPSA) is 89.6 Å². The molecule has 3 aromatic rings. The number of nitrogen functional groups attached to an aromatic ring is 1. The van der Waals surface area contributed by atoms with Crippen LogP contribution in [0, 0.1) is 11.7 Å². The van der Waals surface area contributed by atoms with Gasteiger partial charge in [-0.2, -0.15) is 0 Å². The van der Waals surface area contributed by atoms with Gasteiger partial charge in [0.2, 0.25) is 0 Å². The molecule has 23 heavy (non-hydrogen) atoms. The van der Waals surface area contributed by atoms with Crippen molar-refractivity contribution in [2.24, 2.45) is 5.92 Å². The van der Waals surface area contributed by atoms with Crippen molar-refractivity contribution in [1.29, 1.82) is 0 Å².